The summed E-state index contributed by atoms with van der Waals surface area (Å²) in [5.74, 6) is 0. The van der Waals surface area contributed by atoms with Crippen molar-refractivity contribution in [1.29, 1.82) is 0 Å². The normalized spacial score (nSPS) is 9.79. The van der Waals surface area contributed by atoms with Crippen LogP contribution in [0.5, 0.6) is 0 Å². The van der Waals surface area contributed by atoms with Gasteiger partial charge in [-0.05, 0) is 34.1 Å². The van der Waals surface area contributed by atoms with Gasteiger partial charge in [-0.15, -0.1) is 0 Å². The van der Waals surface area contributed by atoms with E-state index in [2.05, 4.69) is 31.2 Å². The molecule has 0 amide bonds. The van der Waals surface area contributed by atoms with Crippen LogP contribution in [-0.2, 0) is 0 Å². The molecule has 0 bridgehead atoms. The first-order chi connectivity index (χ1) is 6.84. The van der Waals surface area contributed by atoms with E-state index in [1.165, 1.54) is 0 Å². The van der Waals surface area contributed by atoms with E-state index in [0.717, 1.165) is 15.8 Å². The van der Waals surface area contributed by atoms with Crippen molar-refractivity contribution < 1.29 is 0 Å². The predicted molar refractivity (Wildman–Crippen MR) is 59.5 cm³/mol. The fourth-order valence-corrected chi connectivity index (χ4v) is 1.45. The summed E-state index contributed by atoms with van der Waals surface area (Å²) in [7, 11) is 0. The highest BCUT2D eigenvalue weighted by Gasteiger charge is 1.94. The average molecular weight is 250 g/mol. The summed E-state index contributed by atoms with van der Waals surface area (Å²) in [6.07, 6.45) is 7.01. The molecule has 0 aliphatic heterocycles. The Hall–Kier alpha value is -1.42. The minimum Gasteiger partial charge on any atom is -0.353 e. The molecule has 2 aromatic rings. The van der Waals surface area contributed by atoms with Gasteiger partial charge < -0.3 is 5.32 Å². The molecule has 0 atom stereocenters. The number of pyridine rings is 2. The molecule has 0 fully saturated rings. The standard InChI is InChI=1S/C10H8BrN3/c11-8-4-10(7-13-5-8)14-9-2-1-3-12-6-9/h1-7,14H. The number of hydrogen-bond donors (Lipinski definition) is 1. The van der Waals surface area contributed by atoms with Gasteiger partial charge in [-0.25, -0.2) is 0 Å². The molecule has 14 heavy (non-hydrogen) atoms. The number of nitrogens with zero attached hydrogens (tertiary/aromatic N) is 2. The lowest BCUT2D eigenvalue weighted by atomic mass is 10.3. The number of aromatic nitrogens is 2. The van der Waals surface area contributed by atoms with E-state index in [0.29, 0.717) is 0 Å². The van der Waals surface area contributed by atoms with Crippen LogP contribution in [0.4, 0.5) is 11.4 Å². The Morgan fingerprint density at radius 1 is 1.07 bits per heavy atom. The van der Waals surface area contributed by atoms with Crippen molar-refractivity contribution in [1.82, 2.24) is 9.97 Å². The van der Waals surface area contributed by atoms with Crippen molar-refractivity contribution in [3.05, 3.63) is 47.5 Å². The fraction of sp³-hybridized carbons (Fsp3) is 0. The van der Waals surface area contributed by atoms with Gasteiger partial charge in [0.1, 0.15) is 0 Å². The summed E-state index contributed by atoms with van der Waals surface area (Å²) in [6, 6.07) is 5.79. The Morgan fingerprint density at radius 3 is 2.64 bits per heavy atom. The number of anilines is 2. The number of halogens is 1. The second kappa shape index (κ2) is 4.19. The molecule has 3 nitrogen and oxygen atoms in total. The Balaban J connectivity index is 2.19. The van der Waals surface area contributed by atoms with Crippen LogP contribution in [0.2, 0.25) is 0 Å². The van der Waals surface area contributed by atoms with Gasteiger partial charge in [-0.2, -0.15) is 0 Å². The third-order valence-electron chi connectivity index (χ3n) is 1.66. The van der Waals surface area contributed by atoms with Gasteiger partial charge in [-0.3, -0.25) is 9.97 Å². The van der Waals surface area contributed by atoms with Crippen LogP contribution in [0.3, 0.4) is 0 Å². The van der Waals surface area contributed by atoms with Crippen LogP contribution in [0, 0.1) is 0 Å². The van der Waals surface area contributed by atoms with Crippen molar-refractivity contribution in [2.24, 2.45) is 0 Å². The summed E-state index contributed by atoms with van der Waals surface area (Å²) in [5.41, 5.74) is 1.89. The molecule has 0 aromatic carbocycles. The molecule has 0 aliphatic carbocycles. The van der Waals surface area contributed by atoms with E-state index < -0.39 is 0 Å². The van der Waals surface area contributed by atoms with E-state index >= 15 is 0 Å². The Bertz CT molecular complexity index is 417. The molecule has 2 heterocycles. The van der Waals surface area contributed by atoms with Crippen LogP contribution < -0.4 is 5.32 Å². The monoisotopic (exact) mass is 249 g/mol. The second-order valence-corrected chi connectivity index (χ2v) is 3.67. The van der Waals surface area contributed by atoms with E-state index in [1.54, 1.807) is 24.8 Å². The maximum Gasteiger partial charge on any atom is 0.0582 e. The van der Waals surface area contributed by atoms with Gasteiger partial charge in [0.2, 0.25) is 0 Å². The highest BCUT2D eigenvalue weighted by molar-refractivity contribution is 9.10. The van der Waals surface area contributed by atoms with Gasteiger partial charge in [-0.1, -0.05) is 0 Å². The smallest absolute Gasteiger partial charge is 0.0582 e. The van der Waals surface area contributed by atoms with Gasteiger partial charge in [0, 0.05) is 16.9 Å². The minimum absolute atomic E-state index is 0.937. The van der Waals surface area contributed by atoms with Gasteiger partial charge >= 0.3 is 0 Å². The molecule has 2 aromatic heterocycles. The van der Waals surface area contributed by atoms with Crippen molar-refractivity contribution in [3.63, 3.8) is 0 Å². The third kappa shape index (κ3) is 2.29. The maximum absolute atomic E-state index is 4.05. The highest BCUT2D eigenvalue weighted by atomic mass is 79.9. The zero-order valence-electron chi connectivity index (χ0n) is 7.31. The molecule has 0 saturated heterocycles. The largest absolute Gasteiger partial charge is 0.353 e. The van der Waals surface area contributed by atoms with Crippen LogP contribution in [0.15, 0.2) is 47.5 Å². The summed E-state index contributed by atoms with van der Waals surface area (Å²) >= 11 is 3.36. The van der Waals surface area contributed by atoms with E-state index in [1.807, 2.05) is 18.2 Å². The van der Waals surface area contributed by atoms with Crippen LogP contribution in [0.25, 0.3) is 0 Å². The molecule has 0 spiro atoms. The average Bonchev–Trinajstić information content (AvgIpc) is 2.19. The second-order valence-electron chi connectivity index (χ2n) is 2.76. The van der Waals surface area contributed by atoms with Gasteiger partial charge in [0.25, 0.3) is 0 Å². The van der Waals surface area contributed by atoms with E-state index in [4.69, 9.17) is 0 Å². The quantitative estimate of drug-likeness (QED) is 0.890. The molecule has 1 N–H and O–H groups in total. The topological polar surface area (TPSA) is 37.8 Å². The molecular formula is C10H8BrN3. The zero-order chi connectivity index (χ0) is 9.80. The first-order valence-corrected chi connectivity index (χ1v) is 4.91. The van der Waals surface area contributed by atoms with E-state index in [-0.39, 0.29) is 0 Å². The summed E-state index contributed by atoms with van der Waals surface area (Å²) in [6.45, 7) is 0. The van der Waals surface area contributed by atoms with Crippen molar-refractivity contribution >= 4 is 27.3 Å². The maximum atomic E-state index is 4.05. The zero-order valence-corrected chi connectivity index (χ0v) is 8.90. The lowest BCUT2D eigenvalue weighted by molar-refractivity contribution is 1.29. The van der Waals surface area contributed by atoms with Gasteiger partial charge in [0.15, 0.2) is 0 Å². The molecule has 0 unspecified atom stereocenters. The minimum atomic E-state index is 0.937. The van der Waals surface area contributed by atoms with Crippen molar-refractivity contribution in [3.8, 4) is 0 Å². The summed E-state index contributed by atoms with van der Waals surface area (Å²) < 4.78 is 0.950. The number of hydrogen-bond acceptors (Lipinski definition) is 3. The molecular weight excluding hydrogens is 242 g/mol. The SMILES string of the molecule is Brc1cncc(Nc2cccnc2)c1. The molecule has 4 heteroatoms. The summed E-state index contributed by atoms with van der Waals surface area (Å²) in [5, 5.41) is 3.19. The van der Waals surface area contributed by atoms with Crippen LogP contribution in [-0.4, -0.2) is 9.97 Å². The molecule has 0 saturated carbocycles. The first-order valence-electron chi connectivity index (χ1n) is 4.12. The third-order valence-corrected chi connectivity index (χ3v) is 2.09. The van der Waals surface area contributed by atoms with Crippen LogP contribution in [0.1, 0.15) is 0 Å². The number of nitrogens with one attached hydrogen (secondary N) is 1. The van der Waals surface area contributed by atoms with Crippen molar-refractivity contribution in [2.45, 2.75) is 0 Å². The molecule has 0 radical (unpaired) electrons. The summed E-state index contributed by atoms with van der Waals surface area (Å²) in [4.78, 5) is 8.06. The van der Waals surface area contributed by atoms with E-state index in [9.17, 15) is 0 Å². The lowest BCUT2D eigenvalue weighted by Crippen LogP contribution is -1.90. The van der Waals surface area contributed by atoms with Gasteiger partial charge in [0.05, 0.1) is 23.8 Å². The van der Waals surface area contributed by atoms with Crippen molar-refractivity contribution in [2.75, 3.05) is 5.32 Å². The first kappa shape index (κ1) is 9.15. The lowest BCUT2D eigenvalue weighted by Gasteiger charge is -2.04. The molecule has 0 aliphatic rings. The highest BCUT2D eigenvalue weighted by Crippen LogP contribution is 2.17. The Morgan fingerprint density at radius 2 is 1.93 bits per heavy atom. The van der Waals surface area contributed by atoms with Crippen LogP contribution >= 0.6 is 15.9 Å². The number of rotatable bonds is 2. The molecule has 70 valence electrons. The molecule has 2 rings (SSSR count). The fourth-order valence-electron chi connectivity index (χ4n) is 1.08. The Labute approximate surface area is 90.3 Å². The Kier molecular flexibility index (Phi) is 2.74. The predicted octanol–water partition coefficient (Wildman–Crippen LogP) is 2.98.